The quantitative estimate of drug-likeness (QED) is 0.190. The van der Waals surface area contributed by atoms with Crippen molar-refractivity contribution in [3.8, 4) is 0 Å². The number of ketones is 1. The summed E-state index contributed by atoms with van der Waals surface area (Å²) in [5.41, 5.74) is 3.17. The molecule has 5 saturated heterocycles. The number of hydrogen-bond donors (Lipinski definition) is 0. The average molecular weight is 908 g/mol. The van der Waals surface area contributed by atoms with Crippen LogP contribution in [0.1, 0.15) is 85.5 Å². The number of allylic oxidation sites excluding steroid dienone is 2. The van der Waals surface area contributed by atoms with Gasteiger partial charge in [0.1, 0.15) is 24.4 Å². The van der Waals surface area contributed by atoms with Crippen molar-refractivity contribution in [1.82, 2.24) is 4.90 Å². The molecule has 3 aliphatic carbocycles. The second kappa shape index (κ2) is 20.1. The van der Waals surface area contributed by atoms with Gasteiger partial charge in [-0.3, -0.25) is 9.59 Å². The number of rotatable bonds is 11. The highest BCUT2D eigenvalue weighted by atomic mass is 16.7. The number of hydrogen-bond acceptors (Lipinski definition) is 14. The maximum absolute atomic E-state index is 15.3. The van der Waals surface area contributed by atoms with Crippen molar-refractivity contribution in [2.75, 3.05) is 71.5 Å². The highest BCUT2D eigenvalue weighted by molar-refractivity contribution is 5.99. The van der Waals surface area contributed by atoms with Crippen molar-refractivity contribution < 1.29 is 52.2 Å². The van der Waals surface area contributed by atoms with E-state index in [4.69, 9.17) is 42.6 Å². The van der Waals surface area contributed by atoms with Gasteiger partial charge in [0, 0.05) is 63.7 Å². The van der Waals surface area contributed by atoms with Gasteiger partial charge in [-0.15, -0.1) is 0 Å². The van der Waals surface area contributed by atoms with Crippen molar-refractivity contribution >= 4 is 23.1 Å². The third-order valence-corrected chi connectivity index (χ3v) is 16.9. The van der Waals surface area contributed by atoms with E-state index in [0.29, 0.717) is 31.6 Å². The number of carbonyl (C=O) groups is 2. The smallest absolute Gasteiger partial charge is 0.306 e. The van der Waals surface area contributed by atoms with E-state index in [9.17, 15) is 4.79 Å². The largest absolute Gasteiger partial charge is 0.462 e. The molecule has 65 heavy (non-hydrogen) atoms. The van der Waals surface area contributed by atoms with Crippen LogP contribution >= 0.6 is 0 Å². The van der Waals surface area contributed by atoms with Gasteiger partial charge >= 0.3 is 5.97 Å². The number of benzene rings is 1. The molecule has 19 atom stereocenters. The Balaban J connectivity index is 1.04. The fourth-order valence-corrected chi connectivity index (χ4v) is 13.7. The molecule has 0 aromatic heterocycles. The van der Waals surface area contributed by atoms with Crippen LogP contribution in [0.25, 0.3) is 0 Å². The van der Waals surface area contributed by atoms with Crippen molar-refractivity contribution in [3.63, 3.8) is 0 Å². The van der Waals surface area contributed by atoms with Gasteiger partial charge in [0.2, 0.25) is 0 Å². The number of likely N-dealkylation sites (N-methyl/N-ethyl adjacent to an activating group) is 1. The molecule has 14 nitrogen and oxygen atoms in total. The normalized spacial score (nSPS) is 43.4. The molecule has 14 heteroatoms. The molecular weight excluding hydrogens is 831 g/mol. The van der Waals surface area contributed by atoms with E-state index in [1.807, 2.05) is 13.8 Å². The van der Waals surface area contributed by atoms with Crippen LogP contribution in [-0.4, -0.2) is 158 Å². The van der Waals surface area contributed by atoms with Crippen molar-refractivity contribution in [3.05, 3.63) is 35.9 Å². The molecule has 5 heterocycles. The van der Waals surface area contributed by atoms with Crippen LogP contribution in [0, 0.1) is 35.5 Å². The summed E-state index contributed by atoms with van der Waals surface area (Å²) in [5, 5.41) is 0. The minimum Gasteiger partial charge on any atom is -0.462 e. The van der Waals surface area contributed by atoms with Gasteiger partial charge in [-0.25, -0.2) is 0 Å². The van der Waals surface area contributed by atoms with E-state index in [0.717, 1.165) is 63.6 Å². The predicted molar refractivity (Wildman–Crippen MR) is 245 cm³/mol. The number of Topliss-reactive ketones (excluding diaryl/α,β-unsaturated/α-hetero) is 1. The number of carbonyl (C=O) groups excluding carboxylic acids is 2. The number of nitrogens with zero attached hydrogens (tertiary/aromatic N) is 3. The molecule has 0 radical (unpaired) electrons. The third kappa shape index (κ3) is 9.31. The maximum atomic E-state index is 15.3. The highest BCUT2D eigenvalue weighted by Crippen LogP contribution is 2.65. The zero-order chi connectivity index (χ0) is 45.7. The molecule has 362 valence electrons. The van der Waals surface area contributed by atoms with Crippen molar-refractivity contribution in [2.45, 2.75) is 165 Å². The second-order valence-electron chi connectivity index (χ2n) is 20.6. The lowest BCUT2D eigenvalue weighted by molar-refractivity contribution is -0.314. The Morgan fingerprint density at radius 3 is 2.26 bits per heavy atom. The van der Waals surface area contributed by atoms with Crippen LogP contribution in [-0.2, 0) is 52.2 Å². The van der Waals surface area contributed by atoms with Gasteiger partial charge in [0.25, 0.3) is 0 Å². The van der Waals surface area contributed by atoms with Gasteiger partial charge in [0.15, 0.2) is 18.4 Å². The minimum absolute atomic E-state index is 0.0169. The second-order valence-corrected chi connectivity index (χ2v) is 20.6. The first-order valence-corrected chi connectivity index (χ1v) is 25.0. The van der Waals surface area contributed by atoms with Gasteiger partial charge in [-0.2, -0.15) is 0 Å². The van der Waals surface area contributed by atoms with Crippen molar-refractivity contribution in [2.24, 2.45) is 35.5 Å². The van der Waals surface area contributed by atoms with E-state index in [-0.39, 0.29) is 103 Å². The Hall–Kier alpha value is -2.66. The predicted octanol–water partition coefficient (Wildman–Crippen LogP) is 6.03. The fraction of sp³-hybridized carbons (Fsp3) is 0.804. The van der Waals surface area contributed by atoms with Crippen LogP contribution in [0.3, 0.4) is 0 Å². The van der Waals surface area contributed by atoms with Gasteiger partial charge < -0.3 is 57.3 Å². The summed E-state index contributed by atoms with van der Waals surface area (Å²) >= 11 is 0. The molecule has 9 rings (SSSR count). The monoisotopic (exact) mass is 908 g/mol. The lowest BCUT2D eigenvalue weighted by Gasteiger charge is -2.44. The number of fused-ring (bicyclic) bond motifs is 8. The van der Waals surface area contributed by atoms with Gasteiger partial charge in [-0.1, -0.05) is 26.0 Å². The topological polar surface area (TPSA) is 127 Å². The first kappa shape index (κ1) is 47.4. The summed E-state index contributed by atoms with van der Waals surface area (Å²) in [6, 6.07) is 9.65. The molecule has 0 bridgehead atoms. The number of esters is 1. The Labute approximate surface area is 387 Å². The van der Waals surface area contributed by atoms with Crippen LogP contribution in [0.15, 0.2) is 35.9 Å². The number of morpholine rings is 1. The molecule has 2 saturated carbocycles. The molecule has 0 N–H and O–H groups in total. The molecule has 5 aliphatic heterocycles. The zero-order valence-electron chi connectivity index (χ0n) is 40.4. The van der Waals surface area contributed by atoms with E-state index in [1.54, 1.807) is 21.3 Å². The van der Waals surface area contributed by atoms with Crippen LogP contribution in [0.5, 0.6) is 0 Å². The SMILES string of the molecule is CC[C@H]1CCC[C@H](O[C@H]2CC[C@H](N(C)C)C(C)O2)[C@@H](C)C(=O)C2=C[C@H]3[C@@H]4C[C@H](O[C@@H]5OC(C)[C@H](OC)C(OC)[C@@H]5OC)C[C@H]4[C@H]4[C@@H]([C@H]3[C@@H]2CC(=O)O1)N4c1cccc(N2CCOCC2)c1. The van der Waals surface area contributed by atoms with E-state index in [1.165, 1.54) is 11.4 Å². The minimum atomic E-state index is -0.633. The molecule has 1 aromatic rings. The number of ether oxygens (including phenoxy) is 9. The highest BCUT2D eigenvalue weighted by Gasteiger charge is 2.69. The summed E-state index contributed by atoms with van der Waals surface area (Å²) in [6.07, 6.45) is 5.90. The molecule has 8 aliphatic rings. The van der Waals surface area contributed by atoms with Gasteiger partial charge in [0.05, 0.1) is 56.1 Å². The molecule has 0 amide bonds. The summed E-state index contributed by atoms with van der Waals surface area (Å²) in [4.78, 5) is 36.8. The van der Waals surface area contributed by atoms with Crippen LogP contribution in [0.4, 0.5) is 11.4 Å². The summed E-state index contributed by atoms with van der Waals surface area (Å²) in [6.45, 7) is 11.4. The number of methoxy groups -OCH3 is 3. The first-order chi connectivity index (χ1) is 31.4. The number of cyclic esters (lactones) is 1. The molecule has 0 spiro atoms. The maximum Gasteiger partial charge on any atom is 0.306 e. The summed E-state index contributed by atoms with van der Waals surface area (Å²) in [5.74, 6) is -0.117. The van der Waals surface area contributed by atoms with Crippen LogP contribution in [0.2, 0.25) is 0 Å². The fourth-order valence-electron chi connectivity index (χ4n) is 13.7. The zero-order valence-corrected chi connectivity index (χ0v) is 40.4. The summed E-state index contributed by atoms with van der Waals surface area (Å²) in [7, 11) is 9.23. The lowest BCUT2D eigenvalue weighted by Crippen LogP contribution is -2.59. The molecule has 1 aromatic carbocycles. The molecular formula is C51H77N3O11. The Kier molecular flexibility index (Phi) is 14.7. The third-order valence-electron chi connectivity index (χ3n) is 16.9. The van der Waals surface area contributed by atoms with Gasteiger partial charge in [-0.05, 0) is 127 Å². The first-order valence-electron chi connectivity index (χ1n) is 25.0. The average Bonchev–Trinajstić information content (AvgIpc) is 3.72. The van der Waals surface area contributed by atoms with E-state index < -0.39 is 18.3 Å². The van der Waals surface area contributed by atoms with E-state index >= 15 is 4.79 Å². The Morgan fingerprint density at radius 2 is 1.55 bits per heavy atom. The standard InChI is InChI=1S/C51H77N3O11/c1-10-33-15-12-16-41(65-43-18-17-40(52(5)6)29(3)61-43)28(2)47(56)39-26-36-35-24-34(64-51-50(59-9)49(58-8)48(57-7)30(4)62-51)25-38(35)45-46(44(36)37(39)27-42(55)63-33)54(45)32-14-11-13-31(23-32)53-19-21-60-22-20-53/h11,13-14,23,26,28-30,33-38,40-41,43-46,48-51H,10,12,15-22,24-25,27H2,1-9H3/t28-,29?,30?,33+,34+,35+,36+,37-,38-,40+,41+,43+,44-,45+,46-,48+,49?,50+,51+,54?/m1/s1. The Morgan fingerprint density at radius 1 is 0.815 bits per heavy atom. The van der Waals surface area contributed by atoms with Crippen molar-refractivity contribution in [1.29, 1.82) is 0 Å². The number of anilines is 2. The lowest BCUT2D eigenvalue weighted by atomic mass is 9.66. The van der Waals surface area contributed by atoms with Crippen LogP contribution < -0.4 is 9.80 Å². The van der Waals surface area contributed by atoms with E-state index in [2.05, 4.69) is 73.0 Å². The Bertz CT molecular complexity index is 1840. The molecule has 7 fully saturated rings. The molecule has 3 unspecified atom stereocenters. The summed E-state index contributed by atoms with van der Waals surface area (Å²) < 4.78 is 56.7.